The van der Waals surface area contributed by atoms with Crippen LogP contribution in [0.25, 0.3) is 0 Å². The molecule has 0 unspecified atom stereocenters. The van der Waals surface area contributed by atoms with Gasteiger partial charge in [0.2, 0.25) is 5.91 Å². The maximum atomic E-state index is 12.6. The van der Waals surface area contributed by atoms with Gasteiger partial charge in [-0.3, -0.25) is 4.79 Å². The number of para-hydroxylation sites is 1. The Morgan fingerprint density at radius 3 is 2.95 bits per heavy atom. The van der Waals surface area contributed by atoms with Gasteiger partial charge in [-0.15, -0.1) is 0 Å². The third kappa shape index (κ3) is 3.27. The van der Waals surface area contributed by atoms with Gasteiger partial charge in [-0.05, 0) is 43.7 Å². The number of benzene rings is 1. The van der Waals surface area contributed by atoms with Gasteiger partial charge in [0.25, 0.3) is 0 Å². The smallest absolute Gasteiger partial charge is 0.223 e. The maximum Gasteiger partial charge on any atom is 0.223 e. The fraction of sp³-hybridized carbons (Fsp3) is 0.611. The van der Waals surface area contributed by atoms with Crippen LogP contribution in [0.2, 0.25) is 0 Å². The van der Waals surface area contributed by atoms with Crippen LogP contribution in [0.3, 0.4) is 0 Å². The van der Waals surface area contributed by atoms with E-state index in [-0.39, 0.29) is 12.0 Å². The van der Waals surface area contributed by atoms with Gasteiger partial charge in [0, 0.05) is 19.6 Å². The summed E-state index contributed by atoms with van der Waals surface area (Å²) in [7, 11) is 1.68. The Balaban J connectivity index is 1.59. The minimum Gasteiger partial charge on any atom is -0.496 e. The van der Waals surface area contributed by atoms with Crippen molar-refractivity contribution in [1.82, 2.24) is 4.90 Å². The molecule has 0 radical (unpaired) electrons. The van der Waals surface area contributed by atoms with Gasteiger partial charge in [-0.2, -0.15) is 0 Å². The van der Waals surface area contributed by atoms with Gasteiger partial charge in [-0.25, -0.2) is 0 Å². The normalized spacial score (nSPS) is 24.7. The summed E-state index contributed by atoms with van der Waals surface area (Å²) in [5.74, 6) is 1.12. The summed E-state index contributed by atoms with van der Waals surface area (Å²) in [4.78, 5) is 14.7. The minimum absolute atomic E-state index is 0.254. The van der Waals surface area contributed by atoms with E-state index in [4.69, 9.17) is 9.47 Å². The summed E-state index contributed by atoms with van der Waals surface area (Å²) in [5, 5.41) is 0. The lowest BCUT2D eigenvalue weighted by Gasteiger charge is -2.29. The maximum absolute atomic E-state index is 12.6. The molecule has 2 fully saturated rings. The fourth-order valence-electron chi connectivity index (χ4n) is 3.69. The van der Waals surface area contributed by atoms with Crippen LogP contribution in [0.4, 0.5) is 0 Å². The van der Waals surface area contributed by atoms with E-state index in [2.05, 4.69) is 4.90 Å². The Morgan fingerprint density at radius 2 is 2.18 bits per heavy atom. The van der Waals surface area contributed by atoms with Crippen molar-refractivity contribution < 1.29 is 14.3 Å². The molecule has 0 aromatic heterocycles. The Morgan fingerprint density at radius 1 is 1.32 bits per heavy atom. The molecule has 1 aromatic carbocycles. The molecule has 0 bridgehead atoms. The number of ether oxygens (including phenoxy) is 2. The molecule has 0 spiro atoms. The highest BCUT2D eigenvalue weighted by atomic mass is 16.5. The molecule has 0 aliphatic carbocycles. The average molecular weight is 303 g/mol. The van der Waals surface area contributed by atoms with Gasteiger partial charge >= 0.3 is 0 Å². The van der Waals surface area contributed by atoms with E-state index < -0.39 is 0 Å². The first-order valence-electron chi connectivity index (χ1n) is 8.32. The SMILES string of the molecule is COc1ccccc1CCC(=O)N1CCC[C@H]1[C@H]1CCCO1. The second-order valence-corrected chi connectivity index (χ2v) is 6.16. The predicted molar refractivity (Wildman–Crippen MR) is 85.0 cm³/mol. The highest BCUT2D eigenvalue weighted by molar-refractivity contribution is 5.77. The second-order valence-electron chi connectivity index (χ2n) is 6.16. The average Bonchev–Trinajstić information content (AvgIpc) is 3.23. The number of carbonyl (C=O) groups excluding carboxylic acids is 1. The molecule has 0 saturated carbocycles. The molecule has 0 N–H and O–H groups in total. The molecule has 3 rings (SSSR count). The summed E-state index contributed by atoms with van der Waals surface area (Å²) in [6.07, 6.45) is 5.96. The Labute approximate surface area is 132 Å². The third-order valence-electron chi connectivity index (χ3n) is 4.81. The molecule has 2 atom stereocenters. The van der Waals surface area contributed by atoms with Crippen LogP contribution in [0.5, 0.6) is 5.75 Å². The van der Waals surface area contributed by atoms with Crippen molar-refractivity contribution in [3.8, 4) is 5.75 Å². The first-order chi connectivity index (χ1) is 10.8. The van der Waals surface area contributed by atoms with Crippen molar-refractivity contribution in [2.24, 2.45) is 0 Å². The summed E-state index contributed by atoms with van der Waals surface area (Å²) in [6, 6.07) is 8.23. The lowest BCUT2D eigenvalue weighted by atomic mass is 10.0. The molecule has 2 aliphatic heterocycles. The number of carbonyl (C=O) groups is 1. The third-order valence-corrected chi connectivity index (χ3v) is 4.81. The molecular weight excluding hydrogens is 278 g/mol. The van der Waals surface area contributed by atoms with Crippen LogP contribution in [-0.2, 0) is 16.0 Å². The number of rotatable bonds is 5. The van der Waals surface area contributed by atoms with E-state index in [1.807, 2.05) is 24.3 Å². The summed E-state index contributed by atoms with van der Waals surface area (Å²) in [6.45, 7) is 1.74. The van der Waals surface area contributed by atoms with Crippen LogP contribution in [0.15, 0.2) is 24.3 Å². The highest BCUT2D eigenvalue weighted by Gasteiger charge is 2.36. The largest absolute Gasteiger partial charge is 0.496 e. The topological polar surface area (TPSA) is 38.8 Å². The van der Waals surface area contributed by atoms with E-state index in [1.165, 1.54) is 0 Å². The summed E-state index contributed by atoms with van der Waals surface area (Å²) < 4.78 is 11.2. The van der Waals surface area contributed by atoms with Gasteiger partial charge in [0.1, 0.15) is 5.75 Å². The quantitative estimate of drug-likeness (QED) is 0.839. The van der Waals surface area contributed by atoms with Gasteiger partial charge < -0.3 is 14.4 Å². The zero-order chi connectivity index (χ0) is 15.4. The molecule has 2 aliphatic rings. The molecule has 1 amide bonds. The number of likely N-dealkylation sites (tertiary alicyclic amines) is 1. The molecule has 22 heavy (non-hydrogen) atoms. The molecular formula is C18H25NO3. The van der Waals surface area contributed by atoms with Crippen LogP contribution < -0.4 is 4.74 Å². The van der Waals surface area contributed by atoms with Crippen molar-refractivity contribution in [2.45, 2.75) is 50.7 Å². The van der Waals surface area contributed by atoms with E-state index >= 15 is 0 Å². The molecule has 2 heterocycles. The van der Waals surface area contributed by atoms with Gasteiger partial charge in [0.15, 0.2) is 0 Å². The Bertz CT molecular complexity index is 511. The summed E-state index contributed by atoms with van der Waals surface area (Å²) in [5.41, 5.74) is 1.10. The number of aryl methyl sites for hydroxylation is 1. The van der Waals surface area contributed by atoms with Gasteiger partial charge in [-0.1, -0.05) is 18.2 Å². The predicted octanol–water partition coefficient (Wildman–Crippen LogP) is 2.80. The van der Waals surface area contributed by atoms with Gasteiger partial charge in [0.05, 0.1) is 19.3 Å². The minimum atomic E-state index is 0.254. The van der Waals surface area contributed by atoms with E-state index in [0.29, 0.717) is 12.5 Å². The van der Waals surface area contributed by atoms with E-state index in [1.54, 1.807) is 7.11 Å². The molecule has 120 valence electrons. The molecule has 4 heteroatoms. The lowest BCUT2D eigenvalue weighted by Crippen LogP contribution is -2.42. The van der Waals surface area contributed by atoms with Crippen LogP contribution in [0, 0.1) is 0 Å². The lowest BCUT2D eigenvalue weighted by molar-refractivity contribution is -0.134. The number of methoxy groups -OCH3 is 1. The number of hydrogen-bond donors (Lipinski definition) is 0. The first-order valence-corrected chi connectivity index (χ1v) is 8.32. The van der Waals surface area contributed by atoms with Crippen molar-refractivity contribution in [1.29, 1.82) is 0 Å². The van der Waals surface area contributed by atoms with Crippen molar-refractivity contribution in [3.63, 3.8) is 0 Å². The zero-order valence-electron chi connectivity index (χ0n) is 13.3. The standard InChI is InChI=1S/C18H25NO3/c1-21-16-8-3-2-6-14(16)10-11-18(20)19-12-4-7-15(19)17-9-5-13-22-17/h2-3,6,8,15,17H,4-5,7,9-13H2,1H3/t15-,17+/m0/s1. The monoisotopic (exact) mass is 303 g/mol. The number of nitrogens with zero attached hydrogens (tertiary/aromatic N) is 1. The molecule has 1 aromatic rings. The first kappa shape index (κ1) is 15.3. The van der Waals surface area contributed by atoms with Crippen molar-refractivity contribution in [3.05, 3.63) is 29.8 Å². The van der Waals surface area contributed by atoms with Crippen LogP contribution >= 0.6 is 0 Å². The second kappa shape index (κ2) is 7.14. The molecule has 2 saturated heterocycles. The fourth-order valence-corrected chi connectivity index (χ4v) is 3.69. The molecule has 4 nitrogen and oxygen atoms in total. The number of hydrogen-bond acceptors (Lipinski definition) is 3. The van der Waals surface area contributed by atoms with Crippen LogP contribution in [-0.4, -0.2) is 43.2 Å². The summed E-state index contributed by atoms with van der Waals surface area (Å²) >= 11 is 0. The Kier molecular flexibility index (Phi) is 4.98. The van der Waals surface area contributed by atoms with E-state index in [0.717, 1.165) is 56.6 Å². The highest BCUT2D eigenvalue weighted by Crippen LogP contribution is 2.29. The van der Waals surface area contributed by atoms with Crippen molar-refractivity contribution in [2.75, 3.05) is 20.3 Å². The zero-order valence-corrected chi connectivity index (χ0v) is 13.3. The van der Waals surface area contributed by atoms with Crippen LogP contribution in [0.1, 0.15) is 37.7 Å². The Hall–Kier alpha value is -1.55. The van der Waals surface area contributed by atoms with Crippen molar-refractivity contribution >= 4 is 5.91 Å². The van der Waals surface area contributed by atoms with E-state index in [9.17, 15) is 4.79 Å². The number of amides is 1.